The normalized spacial score (nSPS) is 22.1. The predicted octanol–water partition coefficient (Wildman–Crippen LogP) is 3.20. The second-order valence-corrected chi connectivity index (χ2v) is 8.64. The number of nitrogens with one attached hydrogen (secondary N) is 1. The van der Waals surface area contributed by atoms with Gasteiger partial charge < -0.3 is 4.74 Å². The standard InChI is InChI=1S/C17H23NO4S/c1-11(2)10-14-15(17(14,3)4)16(19)22-13-8-6-12(7-9-13)18-23(5,20)21/h6-10,14-15,18H,1-5H3/t14-,15+/m1/s1. The van der Waals surface area contributed by atoms with E-state index in [1.54, 1.807) is 24.3 Å². The summed E-state index contributed by atoms with van der Waals surface area (Å²) in [5, 5.41) is 0. The van der Waals surface area contributed by atoms with Crippen LogP contribution >= 0.6 is 0 Å². The van der Waals surface area contributed by atoms with Crippen LogP contribution in [0.5, 0.6) is 5.75 Å². The van der Waals surface area contributed by atoms with Crippen LogP contribution in [0.15, 0.2) is 35.9 Å². The van der Waals surface area contributed by atoms with Gasteiger partial charge in [0.25, 0.3) is 0 Å². The third-order valence-electron chi connectivity index (χ3n) is 4.05. The topological polar surface area (TPSA) is 72.5 Å². The maximum Gasteiger partial charge on any atom is 0.315 e. The van der Waals surface area contributed by atoms with Crippen LogP contribution in [-0.2, 0) is 14.8 Å². The molecule has 5 nitrogen and oxygen atoms in total. The van der Waals surface area contributed by atoms with Crippen molar-refractivity contribution in [2.24, 2.45) is 17.3 Å². The number of allylic oxidation sites excluding steroid dienone is 2. The largest absolute Gasteiger partial charge is 0.426 e. The maximum atomic E-state index is 12.3. The number of esters is 1. The summed E-state index contributed by atoms with van der Waals surface area (Å²) in [7, 11) is -3.31. The van der Waals surface area contributed by atoms with Crippen molar-refractivity contribution in [2.45, 2.75) is 27.7 Å². The molecule has 6 heteroatoms. The van der Waals surface area contributed by atoms with Gasteiger partial charge in [-0.1, -0.05) is 25.5 Å². The fraction of sp³-hybridized carbons (Fsp3) is 0.471. The highest BCUT2D eigenvalue weighted by Gasteiger charge is 2.61. The lowest BCUT2D eigenvalue weighted by Gasteiger charge is -2.07. The minimum atomic E-state index is -3.31. The van der Waals surface area contributed by atoms with Crippen LogP contribution in [0.2, 0.25) is 0 Å². The number of sulfonamides is 1. The molecule has 2 atom stereocenters. The summed E-state index contributed by atoms with van der Waals surface area (Å²) in [6.45, 7) is 8.15. The molecule has 1 saturated carbocycles. The Morgan fingerprint density at radius 1 is 1.22 bits per heavy atom. The second-order valence-electron chi connectivity index (χ2n) is 6.89. The lowest BCUT2D eigenvalue weighted by molar-refractivity contribution is -0.136. The zero-order valence-electron chi connectivity index (χ0n) is 14.1. The Hall–Kier alpha value is -1.82. The molecular formula is C17H23NO4S. The monoisotopic (exact) mass is 337 g/mol. The first-order valence-corrected chi connectivity index (χ1v) is 9.34. The molecule has 2 rings (SSSR count). The van der Waals surface area contributed by atoms with Crippen molar-refractivity contribution < 1.29 is 17.9 Å². The Labute approximate surface area is 137 Å². The molecule has 1 aromatic carbocycles. The molecule has 1 aliphatic rings. The summed E-state index contributed by atoms with van der Waals surface area (Å²) in [6, 6.07) is 6.29. The van der Waals surface area contributed by atoms with Crippen molar-refractivity contribution in [3.05, 3.63) is 35.9 Å². The summed E-state index contributed by atoms with van der Waals surface area (Å²) in [5.74, 6) is 0.214. The Morgan fingerprint density at radius 3 is 2.26 bits per heavy atom. The fourth-order valence-electron chi connectivity index (χ4n) is 2.78. The van der Waals surface area contributed by atoms with E-state index in [0.29, 0.717) is 11.4 Å². The van der Waals surface area contributed by atoms with Crippen LogP contribution in [0.1, 0.15) is 27.7 Å². The lowest BCUT2D eigenvalue weighted by atomic mass is 10.1. The van der Waals surface area contributed by atoms with Gasteiger partial charge >= 0.3 is 5.97 Å². The van der Waals surface area contributed by atoms with Crippen LogP contribution < -0.4 is 9.46 Å². The number of hydrogen-bond acceptors (Lipinski definition) is 4. The van der Waals surface area contributed by atoms with Gasteiger partial charge in [-0.05, 0) is 49.4 Å². The van der Waals surface area contributed by atoms with Gasteiger partial charge in [-0.25, -0.2) is 8.42 Å². The van der Waals surface area contributed by atoms with Gasteiger partial charge in [-0.3, -0.25) is 9.52 Å². The van der Waals surface area contributed by atoms with Crippen molar-refractivity contribution >= 4 is 21.7 Å². The Morgan fingerprint density at radius 2 is 1.78 bits per heavy atom. The molecule has 1 N–H and O–H groups in total. The van der Waals surface area contributed by atoms with E-state index in [1.165, 1.54) is 5.57 Å². The van der Waals surface area contributed by atoms with Crippen LogP contribution in [0.3, 0.4) is 0 Å². The van der Waals surface area contributed by atoms with E-state index in [0.717, 1.165) is 6.26 Å². The molecule has 0 spiro atoms. The van der Waals surface area contributed by atoms with E-state index in [1.807, 2.05) is 13.8 Å². The number of ether oxygens (including phenoxy) is 1. The number of benzene rings is 1. The molecule has 23 heavy (non-hydrogen) atoms. The number of anilines is 1. The molecule has 1 aromatic rings. The van der Waals surface area contributed by atoms with E-state index in [4.69, 9.17) is 4.74 Å². The van der Waals surface area contributed by atoms with E-state index in [2.05, 4.69) is 24.6 Å². The van der Waals surface area contributed by atoms with Crippen molar-refractivity contribution in [1.29, 1.82) is 0 Å². The molecule has 0 aliphatic heterocycles. The molecule has 0 saturated heterocycles. The van der Waals surface area contributed by atoms with Gasteiger partial charge in [0.2, 0.25) is 10.0 Å². The summed E-state index contributed by atoms with van der Waals surface area (Å²) in [5.41, 5.74) is 1.53. The molecular weight excluding hydrogens is 314 g/mol. The minimum Gasteiger partial charge on any atom is -0.426 e. The van der Waals surface area contributed by atoms with Gasteiger partial charge in [0.15, 0.2) is 0 Å². The van der Waals surface area contributed by atoms with Crippen molar-refractivity contribution in [2.75, 3.05) is 11.0 Å². The Bertz CT molecular complexity index is 728. The molecule has 1 fully saturated rings. The lowest BCUT2D eigenvalue weighted by Crippen LogP contribution is -2.14. The van der Waals surface area contributed by atoms with Crippen molar-refractivity contribution in [1.82, 2.24) is 0 Å². The summed E-state index contributed by atoms with van der Waals surface area (Å²) in [4.78, 5) is 12.3. The Kier molecular flexibility index (Phi) is 4.57. The van der Waals surface area contributed by atoms with Gasteiger partial charge in [0, 0.05) is 5.69 Å². The van der Waals surface area contributed by atoms with Gasteiger partial charge in [-0.2, -0.15) is 0 Å². The molecule has 0 aromatic heterocycles. The van der Waals surface area contributed by atoms with Crippen molar-refractivity contribution in [3.63, 3.8) is 0 Å². The highest BCUT2D eigenvalue weighted by atomic mass is 32.2. The van der Waals surface area contributed by atoms with Gasteiger partial charge in [-0.15, -0.1) is 0 Å². The predicted molar refractivity (Wildman–Crippen MR) is 90.7 cm³/mol. The zero-order valence-corrected chi connectivity index (χ0v) is 14.9. The van der Waals surface area contributed by atoms with E-state index in [-0.39, 0.29) is 23.2 Å². The fourth-order valence-corrected chi connectivity index (χ4v) is 3.35. The third-order valence-corrected chi connectivity index (χ3v) is 4.66. The number of carbonyl (C=O) groups excluding carboxylic acids is 1. The SMILES string of the molecule is CC(C)=C[C@@H]1[C@@H](C(=O)Oc2ccc(NS(C)(=O)=O)cc2)C1(C)C. The van der Waals surface area contributed by atoms with E-state index >= 15 is 0 Å². The van der Waals surface area contributed by atoms with Crippen molar-refractivity contribution in [3.8, 4) is 5.75 Å². The molecule has 0 heterocycles. The molecule has 0 amide bonds. The summed E-state index contributed by atoms with van der Waals surface area (Å²) in [6.07, 6.45) is 3.20. The number of hydrogen-bond donors (Lipinski definition) is 1. The summed E-state index contributed by atoms with van der Waals surface area (Å²) < 4.78 is 30.1. The van der Waals surface area contributed by atoms with E-state index in [9.17, 15) is 13.2 Å². The van der Waals surface area contributed by atoms with Gasteiger partial charge in [0.05, 0.1) is 12.2 Å². The number of carbonyl (C=O) groups is 1. The van der Waals surface area contributed by atoms with Crippen LogP contribution in [-0.4, -0.2) is 20.6 Å². The highest BCUT2D eigenvalue weighted by molar-refractivity contribution is 7.92. The van der Waals surface area contributed by atoms with Crippen LogP contribution in [0, 0.1) is 17.3 Å². The minimum absolute atomic E-state index is 0.0911. The van der Waals surface area contributed by atoms with Crippen LogP contribution in [0.4, 0.5) is 5.69 Å². The zero-order chi connectivity index (χ0) is 17.4. The van der Waals surface area contributed by atoms with E-state index < -0.39 is 10.0 Å². The average Bonchev–Trinajstić information content (AvgIpc) is 2.90. The maximum absolute atomic E-state index is 12.3. The average molecular weight is 337 g/mol. The summed E-state index contributed by atoms with van der Waals surface area (Å²) >= 11 is 0. The second kappa shape index (κ2) is 6.00. The molecule has 0 bridgehead atoms. The van der Waals surface area contributed by atoms with Gasteiger partial charge in [0.1, 0.15) is 5.75 Å². The smallest absolute Gasteiger partial charge is 0.315 e. The quantitative estimate of drug-likeness (QED) is 0.509. The van der Waals surface area contributed by atoms with Crippen LogP contribution in [0.25, 0.3) is 0 Å². The third kappa shape index (κ3) is 4.34. The molecule has 0 radical (unpaired) electrons. The molecule has 1 aliphatic carbocycles. The first-order chi connectivity index (χ1) is 10.5. The molecule has 0 unspecified atom stereocenters. The molecule has 126 valence electrons. The Balaban J connectivity index is 2.03. The first kappa shape index (κ1) is 17.5. The highest BCUT2D eigenvalue weighted by Crippen LogP contribution is 2.59. The number of rotatable bonds is 5. The first-order valence-electron chi connectivity index (χ1n) is 7.45.